The number of carbonyl (C=O) groups is 1. The largest absolute Gasteiger partial charge is 0.469 e. The lowest BCUT2D eigenvalue weighted by atomic mass is 9.60. The first-order valence-corrected chi connectivity index (χ1v) is 10.2. The lowest BCUT2D eigenvalue weighted by Gasteiger charge is -2.56. The number of methoxy groups -OCH3 is 1. The first kappa shape index (κ1) is 17.5. The van der Waals surface area contributed by atoms with Crippen LogP contribution in [0.2, 0.25) is 0 Å². The van der Waals surface area contributed by atoms with E-state index in [0.29, 0.717) is 12.3 Å². The summed E-state index contributed by atoms with van der Waals surface area (Å²) in [5.41, 5.74) is 2.10. The predicted octanol–water partition coefficient (Wildman–Crippen LogP) is 2.00. The van der Waals surface area contributed by atoms with Crippen molar-refractivity contribution in [1.29, 1.82) is 0 Å². The molecule has 3 fully saturated rings. The second-order valence-electron chi connectivity index (χ2n) is 8.64. The first-order valence-electron chi connectivity index (χ1n) is 10.2. The molecule has 0 radical (unpaired) electrons. The second kappa shape index (κ2) is 6.47. The molecule has 0 aromatic heterocycles. The molecular weight excluding hydrogens is 344 g/mol. The zero-order valence-electron chi connectivity index (χ0n) is 15.7. The summed E-state index contributed by atoms with van der Waals surface area (Å²) in [4.78, 5) is 15.1. The topological polar surface area (TPSA) is 73.2 Å². The van der Waals surface area contributed by atoms with Crippen LogP contribution in [0.3, 0.4) is 0 Å². The summed E-state index contributed by atoms with van der Waals surface area (Å²) in [5, 5.41) is 23.2. The minimum Gasteiger partial charge on any atom is -0.469 e. The van der Waals surface area contributed by atoms with Crippen LogP contribution in [0, 0.1) is 17.8 Å². The lowest BCUT2D eigenvalue weighted by Crippen LogP contribution is -2.66. The summed E-state index contributed by atoms with van der Waals surface area (Å²) in [7, 11) is 1.41. The summed E-state index contributed by atoms with van der Waals surface area (Å²) in [6.45, 7) is 1.98. The van der Waals surface area contributed by atoms with Gasteiger partial charge >= 0.3 is 5.97 Å². The molecule has 2 saturated heterocycles. The number of carbonyl (C=O) groups excluding carboxylic acids is 1. The number of nitrogens with zero attached hydrogens (tertiary/aromatic N) is 2. The number of anilines is 1. The van der Waals surface area contributed by atoms with Gasteiger partial charge in [0.05, 0.1) is 30.9 Å². The molecule has 27 heavy (non-hydrogen) atoms. The van der Waals surface area contributed by atoms with Crippen LogP contribution in [0.4, 0.5) is 5.69 Å². The quantitative estimate of drug-likeness (QED) is 0.735. The highest BCUT2D eigenvalue weighted by molar-refractivity contribution is 5.74. The van der Waals surface area contributed by atoms with Crippen LogP contribution in [-0.4, -0.2) is 59.6 Å². The lowest BCUT2D eigenvalue weighted by molar-refractivity contribution is -0.165. The molecule has 0 bridgehead atoms. The van der Waals surface area contributed by atoms with Gasteiger partial charge in [0.15, 0.2) is 0 Å². The number of para-hydroxylation sites is 1. The Bertz CT molecular complexity index is 741. The molecule has 1 aromatic rings. The van der Waals surface area contributed by atoms with Crippen LogP contribution in [-0.2, 0) is 9.53 Å². The van der Waals surface area contributed by atoms with Crippen LogP contribution in [0.25, 0.3) is 0 Å². The molecule has 0 amide bonds. The molecular formula is C21H28N2O4. The number of aliphatic hydroxyl groups excluding tert-OH is 1. The zero-order valence-corrected chi connectivity index (χ0v) is 15.7. The number of piperidine rings is 2. The third kappa shape index (κ3) is 2.46. The fourth-order valence-corrected chi connectivity index (χ4v) is 6.55. The summed E-state index contributed by atoms with van der Waals surface area (Å²) >= 11 is 0. The Labute approximate surface area is 159 Å². The minimum absolute atomic E-state index is 0.0201. The molecule has 1 aromatic carbocycles. The Kier molecular flexibility index (Phi) is 4.18. The SMILES string of the molecule is COC(=O)[C@@H]1[C@@H]2[C@@H](CC[C@@H]1O)CCN1CC[C@@H]3c4ccccc4N(O)[C@@H]3[C@H]21. The van der Waals surface area contributed by atoms with Crippen molar-refractivity contribution in [3.8, 4) is 0 Å². The third-order valence-corrected chi connectivity index (χ3v) is 7.64. The molecule has 5 rings (SSSR count). The van der Waals surface area contributed by atoms with Crippen molar-refractivity contribution in [1.82, 2.24) is 4.90 Å². The molecule has 7 atom stereocenters. The number of esters is 1. The normalized spacial score (nSPS) is 40.6. The van der Waals surface area contributed by atoms with E-state index in [0.717, 1.165) is 38.0 Å². The van der Waals surface area contributed by atoms with Gasteiger partial charge in [0, 0.05) is 12.0 Å². The van der Waals surface area contributed by atoms with E-state index in [-0.39, 0.29) is 29.9 Å². The highest BCUT2D eigenvalue weighted by Crippen LogP contribution is 2.53. The first-order chi connectivity index (χ1) is 13.1. The van der Waals surface area contributed by atoms with Crippen molar-refractivity contribution in [3.05, 3.63) is 29.8 Å². The fraction of sp³-hybridized carbons (Fsp3) is 0.667. The number of rotatable bonds is 1. The molecule has 3 aliphatic heterocycles. The molecule has 146 valence electrons. The minimum atomic E-state index is -0.657. The van der Waals surface area contributed by atoms with Gasteiger partial charge in [0.2, 0.25) is 0 Å². The molecule has 6 heteroatoms. The van der Waals surface area contributed by atoms with E-state index in [2.05, 4.69) is 11.0 Å². The van der Waals surface area contributed by atoms with E-state index in [1.165, 1.54) is 17.7 Å². The highest BCUT2D eigenvalue weighted by Gasteiger charge is 2.58. The van der Waals surface area contributed by atoms with Crippen molar-refractivity contribution in [2.75, 3.05) is 25.3 Å². The Morgan fingerprint density at radius 2 is 1.89 bits per heavy atom. The smallest absolute Gasteiger partial charge is 0.311 e. The second-order valence-corrected chi connectivity index (χ2v) is 8.64. The molecule has 0 spiro atoms. The van der Waals surface area contributed by atoms with Crippen molar-refractivity contribution < 1.29 is 19.8 Å². The van der Waals surface area contributed by atoms with Gasteiger partial charge in [-0.2, -0.15) is 0 Å². The van der Waals surface area contributed by atoms with Crippen LogP contribution in [0.15, 0.2) is 24.3 Å². The number of hydrogen-bond acceptors (Lipinski definition) is 6. The average Bonchev–Trinajstić information content (AvgIpc) is 3.00. The number of benzene rings is 1. The third-order valence-electron chi connectivity index (χ3n) is 7.64. The van der Waals surface area contributed by atoms with Crippen LogP contribution < -0.4 is 5.06 Å². The fourth-order valence-electron chi connectivity index (χ4n) is 6.55. The van der Waals surface area contributed by atoms with Crippen molar-refractivity contribution >= 4 is 11.7 Å². The number of fused-ring (bicyclic) bond motifs is 7. The zero-order chi connectivity index (χ0) is 18.7. The van der Waals surface area contributed by atoms with E-state index < -0.39 is 12.0 Å². The van der Waals surface area contributed by atoms with Crippen molar-refractivity contribution in [2.45, 2.75) is 49.8 Å². The molecule has 0 unspecified atom stereocenters. The number of aliphatic hydroxyl groups is 1. The van der Waals surface area contributed by atoms with E-state index in [4.69, 9.17) is 4.74 Å². The molecule has 6 nitrogen and oxygen atoms in total. The highest BCUT2D eigenvalue weighted by atomic mass is 16.5. The monoisotopic (exact) mass is 372 g/mol. The molecule has 1 saturated carbocycles. The van der Waals surface area contributed by atoms with Crippen LogP contribution in [0.1, 0.15) is 37.2 Å². The summed E-state index contributed by atoms with van der Waals surface area (Å²) < 4.78 is 5.10. The average molecular weight is 372 g/mol. The van der Waals surface area contributed by atoms with Crippen molar-refractivity contribution in [2.24, 2.45) is 17.8 Å². The van der Waals surface area contributed by atoms with Gasteiger partial charge in [0.1, 0.15) is 0 Å². The van der Waals surface area contributed by atoms with Gasteiger partial charge in [-0.15, -0.1) is 0 Å². The van der Waals surface area contributed by atoms with E-state index in [9.17, 15) is 15.1 Å². The molecule has 2 N–H and O–H groups in total. The molecule has 1 aliphatic carbocycles. The number of hydroxylamine groups is 1. The van der Waals surface area contributed by atoms with E-state index in [1.54, 1.807) is 0 Å². The maximum absolute atomic E-state index is 12.6. The van der Waals surface area contributed by atoms with Gasteiger partial charge in [0.25, 0.3) is 0 Å². The van der Waals surface area contributed by atoms with Gasteiger partial charge in [-0.05, 0) is 62.2 Å². The van der Waals surface area contributed by atoms with Crippen LogP contribution >= 0.6 is 0 Å². The Balaban J connectivity index is 1.57. The molecule has 4 aliphatic rings. The summed E-state index contributed by atoms with van der Waals surface area (Å²) in [6.07, 6.45) is 3.01. The van der Waals surface area contributed by atoms with Gasteiger partial charge in [-0.25, -0.2) is 0 Å². The van der Waals surface area contributed by atoms with Gasteiger partial charge in [-0.1, -0.05) is 18.2 Å². The Hall–Kier alpha value is -1.63. The summed E-state index contributed by atoms with van der Waals surface area (Å²) in [6, 6.07) is 8.08. The maximum atomic E-state index is 12.6. The van der Waals surface area contributed by atoms with E-state index >= 15 is 0 Å². The Morgan fingerprint density at radius 3 is 2.70 bits per heavy atom. The van der Waals surface area contributed by atoms with Gasteiger partial charge < -0.3 is 9.84 Å². The standard InChI is InChI=1S/C21H28N2O4/c1-27-21(25)18-16(24)7-6-12-8-10-22-11-9-14-13-4-2-3-5-15(13)23(26)19(14)20(22)17(12)18/h2-5,12,14,16-20,24,26H,6-11H2,1H3/t12-,14+,16-,17-,18-,19-,20-/m0/s1. The molecule has 3 heterocycles. The Morgan fingerprint density at radius 1 is 1.11 bits per heavy atom. The maximum Gasteiger partial charge on any atom is 0.311 e. The van der Waals surface area contributed by atoms with Gasteiger partial charge in [-0.3, -0.25) is 20.0 Å². The summed E-state index contributed by atoms with van der Waals surface area (Å²) in [5.74, 6) is -0.122. The van der Waals surface area contributed by atoms with Crippen molar-refractivity contribution in [3.63, 3.8) is 0 Å². The van der Waals surface area contributed by atoms with Crippen LogP contribution in [0.5, 0.6) is 0 Å². The number of hydrogen-bond donors (Lipinski definition) is 2. The predicted molar refractivity (Wildman–Crippen MR) is 99.6 cm³/mol. The van der Waals surface area contributed by atoms with E-state index in [1.807, 2.05) is 18.2 Å². The number of ether oxygens (including phenoxy) is 1.